The van der Waals surface area contributed by atoms with Crippen molar-refractivity contribution in [3.8, 4) is 0 Å². The molecule has 4 nitrogen and oxygen atoms in total. The van der Waals surface area contributed by atoms with Gasteiger partial charge in [0.2, 0.25) is 5.91 Å². The van der Waals surface area contributed by atoms with E-state index in [4.69, 9.17) is 18.0 Å². The Morgan fingerprint density at radius 1 is 1.53 bits per heavy atom. The SMILES string of the molecule is CC1(C)C(=O)NCCN1c1cc(Br)ccc1C(N)=S. The first-order valence-corrected chi connectivity index (χ1v) is 7.19. The summed E-state index contributed by atoms with van der Waals surface area (Å²) in [5.41, 5.74) is 6.84. The van der Waals surface area contributed by atoms with Gasteiger partial charge in [-0.05, 0) is 32.0 Å². The predicted octanol–water partition coefficient (Wildman–Crippen LogP) is 1.80. The number of hydrogen-bond donors (Lipinski definition) is 2. The molecule has 3 N–H and O–H groups in total. The van der Waals surface area contributed by atoms with Crippen LogP contribution in [0.15, 0.2) is 22.7 Å². The predicted molar refractivity (Wildman–Crippen MR) is 84.5 cm³/mol. The van der Waals surface area contributed by atoms with E-state index < -0.39 is 5.54 Å². The Bertz CT molecular complexity index is 545. The van der Waals surface area contributed by atoms with Crippen LogP contribution < -0.4 is 16.0 Å². The number of nitrogens with two attached hydrogens (primary N) is 1. The number of nitrogens with one attached hydrogen (secondary N) is 1. The van der Waals surface area contributed by atoms with Crippen molar-refractivity contribution in [2.75, 3.05) is 18.0 Å². The Morgan fingerprint density at radius 3 is 2.84 bits per heavy atom. The number of anilines is 1. The van der Waals surface area contributed by atoms with Crippen molar-refractivity contribution in [1.82, 2.24) is 5.32 Å². The minimum atomic E-state index is -0.626. The lowest BCUT2D eigenvalue weighted by atomic mass is 9.96. The number of rotatable bonds is 2. The maximum Gasteiger partial charge on any atom is 0.245 e. The summed E-state index contributed by atoms with van der Waals surface area (Å²) < 4.78 is 0.935. The van der Waals surface area contributed by atoms with Crippen LogP contribution in [0.3, 0.4) is 0 Å². The minimum absolute atomic E-state index is 0.00705. The molecule has 1 heterocycles. The number of piperazine rings is 1. The number of carbonyl (C=O) groups excluding carboxylic acids is 1. The minimum Gasteiger partial charge on any atom is -0.389 e. The third-order valence-corrected chi connectivity index (χ3v) is 4.08. The van der Waals surface area contributed by atoms with Gasteiger partial charge in [-0.15, -0.1) is 0 Å². The smallest absolute Gasteiger partial charge is 0.245 e. The molecule has 0 aliphatic carbocycles. The van der Waals surface area contributed by atoms with Gasteiger partial charge in [-0.2, -0.15) is 0 Å². The number of hydrogen-bond acceptors (Lipinski definition) is 3. The lowest BCUT2D eigenvalue weighted by Crippen LogP contribution is -2.62. The monoisotopic (exact) mass is 341 g/mol. The second kappa shape index (κ2) is 5.09. The molecule has 1 aliphatic rings. The molecule has 0 saturated carbocycles. The van der Waals surface area contributed by atoms with Crippen molar-refractivity contribution in [3.05, 3.63) is 28.2 Å². The molecule has 1 amide bonds. The van der Waals surface area contributed by atoms with E-state index in [1.165, 1.54) is 0 Å². The lowest BCUT2D eigenvalue weighted by Gasteiger charge is -2.43. The summed E-state index contributed by atoms with van der Waals surface area (Å²) in [5, 5.41) is 2.88. The van der Waals surface area contributed by atoms with Crippen molar-refractivity contribution in [1.29, 1.82) is 0 Å². The first-order valence-electron chi connectivity index (χ1n) is 5.99. The number of halogens is 1. The van der Waals surface area contributed by atoms with Gasteiger partial charge in [0.25, 0.3) is 0 Å². The molecular weight excluding hydrogens is 326 g/mol. The highest BCUT2D eigenvalue weighted by Gasteiger charge is 2.38. The number of thiocarbonyl (C=S) groups is 1. The van der Waals surface area contributed by atoms with Crippen LogP contribution in [0, 0.1) is 0 Å². The molecular formula is C13H16BrN3OS. The molecule has 0 radical (unpaired) electrons. The summed E-state index contributed by atoms with van der Waals surface area (Å²) in [6.07, 6.45) is 0. The molecule has 1 aliphatic heterocycles. The zero-order chi connectivity index (χ0) is 14.2. The molecule has 0 aromatic heterocycles. The molecule has 0 unspecified atom stereocenters. The van der Waals surface area contributed by atoms with Crippen molar-refractivity contribution >= 4 is 44.7 Å². The third kappa shape index (κ3) is 2.60. The van der Waals surface area contributed by atoms with Gasteiger partial charge in [0, 0.05) is 28.8 Å². The highest BCUT2D eigenvalue weighted by atomic mass is 79.9. The van der Waals surface area contributed by atoms with Crippen LogP contribution in [-0.2, 0) is 4.79 Å². The van der Waals surface area contributed by atoms with Crippen LogP contribution in [-0.4, -0.2) is 29.5 Å². The number of amides is 1. The maximum atomic E-state index is 12.0. The van der Waals surface area contributed by atoms with E-state index in [1.807, 2.05) is 36.9 Å². The third-order valence-electron chi connectivity index (χ3n) is 3.37. The fourth-order valence-electron chi connectivity index (χ4n) is 2.26. The Labute approximate surface area is 126 Å². The normalized spacial score (nSPS) is 18.1. The Morgan fingerprint density at radius 2 is 2.21 bits per heavy atom. The molecule has 1 fully saturated rings. The zero-order valence-corrected chi connectivity index (χ0v) is 13.3. The van der Waals surface area contributed by atoms with Crippen LogP contribution in [0.25, 0.3) is 0 Å². The fraction of sp³-hybridized carbons (Fsp3) is 0.385. The standard InChI is InChI=1S/C13H16BrN3OS/c1-13(2)12(18)16-5-6-17(13)10-7-8(14)3-4-9(10)11(15)19/h3-4,7H,5-6H2,1-2H3,(H2,15,19)(H,16,18). The maximum absolute atomic E-state index is 12.0. The molecule has 6 heteroatoms. The van der Waals surface area contributed by atoms with Crippen molar-refractivity contribution in [2.24, 2.45) is 5.73 Å². The van der Waals surface area contributed by atoms with Crippen LogP contribution >= 0.6 is 28.1 Å². The van der Waals surface area contributed by atoms with Crippen LogP contribution in [0.1, 0.15) is 19.4 Å². The first kappa shape index (κ1) is 14.3. The van der Waals surface area contributed by atoms with Crippen LogP contribution in [0.2, 0.25) is 0 Å². The summed E-state index contributed by atoms with van der Waals surface area (Å²) in [6, 6.07) is 5.73. The largest absolute Gasteiger partial charge is 0.389 e. The van der Waals surface area contributed by atoms with Gasteiger partial charge in [-0.3, -0.25) is 4.79 Å². The van der Waals surface area contributed by atoms with E-state index in [-0.39, 0.29) is 5.91 Å². The second-order valence-electron chi connectivity index (χ2n) is 4.99. The number of carbonyl (C=O) groups is 1. The van der Waals surface area contributed by atoms with Gasteiger partial charge in [0.05, 0.1) is 0 Å². The molecule has 102 valence electrons. The van der Waals surface area contributed by atoms with E-state index in [9.17, 15) is 4.79 Å². The quantitative estimate of drug-likeness (QED) is 0.805. The summed E-state index contributed by atoms with van der Waals surface area (Å²) in [7, 11) is 0. The molecule has 1 aromatic rings. The summed E-state index contributed by atoms with van der Waals surface area (Å²) in [4.78, 5) is 14.4. The first-order chi connectivity index (χ1) is 8.84. The Balaban J connectivity index is 2.54. The molecule has 0 atom stereocenters. The molecule has 1 saturated heterocycles. The van der Waals surface area contributed by atoms with Crippen LogP contribution in [0.4, 0.5) is 5.69 Å². The van der Waals surface area contributed by atoms with Crippen molar-refractivity contribution in [3.63, 3.8) is 0 Å². The van der Waals surface area contributed by atoms with Gasteiger partial charge >= 0.3 is 0 Å². The molecule has 0 spiro atoms. The van der Waals surface area contributed by atoms with E-state index >= 15 is 0 Å². The zero-order valence-electron chi connectivity index (χ0n) is 10.9. The van der Waals surface area contributed by atoms with Gasteiger partial charge < -0.3 is 16.0 Å². The van der Waals surface area contributed by atoms with Crippen molar-refractivity contribution in [2.45, 2.75) is 19.4 Å². The average molecular weight is 342 g/mol. The number of nitrogens with zero attached hydrogens (tertiary/aromatic N) is 1. The van der Waals surface area contributed by atoms with E-state index in [2.05, 4.69) is 21.2 Å². The topological polar surface area (TPSA) is 58.4 Å². The van der Waals surface area contributed by atoms with E-state index in [0.29, 0.717) is 11.5 Å². The highest BCUT2D eigenvalue weighted by Crippen LogP contribution is 2.31. The van der Waals surface area contributed by atoms with Gasteiger partial charge in [-0.25, -0.2) is 0 Å². The summed E-state index contributed by atoms with van der Waals surface area (Å²) in [6.45, 7) is 5.13. The Kier molecular flexibility index (Phi) is 3.82. The molecule has 2 rings (SSSR count). The molecule has 0 bridgehead atoms. The average Bonchev–Trinajstić information content (AvgIpc) is 2.32. The number of benzene rings is 1. The molecule has 1 aromatic carbocycles. The summed E-state index contributed by atoms with van der Waals surface area (Å²) in [5.74, 6) is 0.00705. The molecule has 19 heavy (non-hydrogen) atoms. The lowest BCUT2D eigenvalue weighted by molar-refractivity contribution is -0.126. The Hall–Kier alpha value is -1.14. The van der Waals surface area contributed by atoms with Crippen molar-refractivity contribution < 1.29 is 4.79 Å². The van der Waals surface area contributed by atoms with Gasteiger partial charge in [0.15, 0.2) is 0 Å². The van der Waals surface area contributed by atoms with E-state index in [0.717, 1.165) is 22.3 Å². The second-order valence-corrected chi connectivity index (χ2v) is 6.35. The van der Waals surface area contributed by atoms with Gasteiger partial charge in [0.1, 0.15) is 10.5 Å². The highest BCUT2D eigenvalue weighted by molar-refractivity contribution is 9.10. The van der Waals surface area contributed by atoms with Crippen LogP contribution in [0.5, 0.6) is 0 Å². The fourth-order valence-corrected chi connectivity index (χ4v) is 2.78. The van der Waals surface area contributed by atoms with E-state index in [1.54, 1.807) is 0 Å². The van der Waals surface area contributed by atoms with Gasteiger partial charge in [-0.1, -0.05) is 28.1 Å². The summed E-state index contributed by atoms with van der Waals surface area (Å²) >= 11 is 8.56.